The number of carbonyl (C=O) groups excluding carboxylic acids is 2. The van der Waals surface area contributed by atoms with Crippen LogP contribution in [0.4, 0.5) is 20.6 Å². The molecule has 8 heteroatoms. The van der Waals surface area contributed by atoms with Gasteiger partial charge in [-0.05, 0) is 54.4 Å². The van der Waals surface area contributed by atoms with Crippen molar-refractivity contribution in [1.29, 1.82) is 0 Å². The summed E-state index contributed by atoms with van der Waals surface area (Å²) < 4.78 is 13.5. The highest BCUT2D eigenvalue weighted by Gasteiger charge is 2.13. The van der Waals surface area contributed by atoms with Crippen molar-refractivity contribution in [2.24, 2.45) is 0 Å². The van der Waals surface area contributed by atoms with Crippen LogP contribution in [0.2, 0.25) is 0 Å². The van der Waals surface area contributed by atoms with Crippen LogP contribution in [-0.4, -0.2) is 28.5 Å². The molecule has 7 nitrogen and oxygen atoms in total. The van der Waals surface area contributed by atoms with Gasteiger partial charge in [0.05, 0.1) is 23.1 Å². The van der Waals surface area contributed by atoms with Gasteiger partial charge in [-0.25, -0.2) is 9.18 Å². The number of H-pyrrole nitrogens is 1. The fourth-order valence-corrected chi connectivity index (χ4v) is 3.27. The molecule has 0 aliphatic heterocycles. The number of aromatic amines is 1. The van der Waals surface area contributed by atoms with Crippen LogP contribution in [-0.2, 0) is 6.42 Å². The Hall–Kier alpha value is -4.20. The summed E-state index contributed by atoms with van der Waals surface area (Å²) in [6, 6.07) is 14.2. The van der Waals surface area contributed by atoms with Gasteiger partial charge >= 0.3 is 6.03 Å². The minimum Gasteiger partial charge on any atom is -0.361 e. The monoisotopic (exact) mass is 417 g/mol. The lowest BCUT2D eigenvalue weighted by atomic mass is 10.1. The highest BCUT2D eigenvalue weighted by molar-refractivity contribution is 6.06. The predicted molar refractivity (Wildman–Crippen MR) is 118 cm³/mol. The van der Waals surface area contributed by atoms with Crippen molar-refractivity contribution >= 4 is 34.2 Å². The molecule has 4 N–H and O–H groups in total. The number of benzene rings is 2. The number of urea groups is 1. The number of pyridine rings is 1. The van der Waals surface area contributed by atoms with E-state index in [0.717, 1.165) is 16.5 Å². The molecule has 4 aromatic rings. The van der Waals surface area contributed by atoms with E-state index in [4.69, 9.17) is 0 Å². The van der Waals surface area contributed by atoms with E-state index in [0.29, 0.717) is 29.9 Å². The molecule has 0 unspecified atom stereocenters. The van der Waals surface area contributed by atoms with Crippen molar-refractivity contribution in [2.45, 2.75) is 6.42 Å². The molecule has 3 amide bonds. The molecule has 4 rings (SSSR count). The van der Waals surface area contributed by atoms with Crippen molar-refractivity contribution < 1.29 is 14.0 Å². The van der Waals surface area contributed by atoms with E-state index in [1.54, 1.807) is 48.7 Å². The second-order valence-corrected chi connectivity index (χ2v) is 6.88. The van der Waals surface area contributed by atoms with Gasteiger partial charge < -0.3 is 20.9 Å². The lowest BCUT2D eigenvalue weighted by Gasteiger charge is -2.12. The van der Waals surface area contributed by atoms with Gasteiger partial charge in [0.15, 0.2) is 0 Å². The van der Waals surface area contributed by atoms with Gasteiger partial charge in [-0.1, -0.05) is 12.1 Å². The second kappa shape index (κ2) is 9.08. The third-order valence-corrected chi connectivity index (χ3v) is 4.75. The summed E-state index contributed by atoms with van der Waals surface area (Å²) in [5, 5.41) is 9.00. The number of hydrogen-bond donors (Lipinski definition) is 4. The summed E-state index contributed by atoms with van der Waals surface area (Å²) in [7, 11) is 0. The quantitative estimate of drug-likeness (QED) is 0.376. The summed E-state index contributed by atoms with van der Waals surface area (Å²) in [4.78, 5) is 32.0. The molecule has 2 heterocycles. The fraction of sp³-hybridized carbons (Fsp3) is 0.0870. The van der Waals surface area contributed by atoms with E-state index in [9.17, 15) is 14.0 Å². The second-order valence-electron chi connectivity index (χ2n) is 6.88. The first-order chi connectivity index (χ1) is 15.1. The first-order valence-electron chi connectivity index (χ1n) is 9.71. The first kappa shape index (κ1) is 20.1. The standard InChI is InChI=1S/C23H20FN5O2/c24-16-7-8-20-19(12-16)15(13-27-20)9-11-26-22(30)18-5-1-2-6-21(18)29-23(31)28-17-4-3-10-25-14-17/h1-8,10,12-14,27H,9,11H2,(H,26,30)(H2,28,29,31). The largest absolute Gasteiger partial charge is 0.361 e. The van der Waals surface area contributed by atoms with Crippen LogP contribution >= 0.6 is 0 Å². The molecule has 2 aromatic carbocycles. The number of para-hydroxylation sites is 1. The van der Waals surface area contributed by atoms with Crippen LogP contribution in [0.5, 0.6) is 0 Å². The number of aromatic nitrogens is 2. The number of carbonyl (C=O) groups is 2. The van der Waals surface area contributed by atoms with Gasteiger partial charge in [-0.2, -0.15) is 0 Å². The minimum absolute atomic E-state index is 0.304. The van der Waals surface area contributed by atoms with E-state index in [-0.39, 0.29) is 11.7 Å². The summed E-state index contributed by atoms with van der Waals surface area (Å²) in [6.07, 6.45) is 5.48. The Kier molecular flexibility index (Phi) is 5.89. The lowest BCUT2D eigenvalue weighted by Crippen LogP contribution is -2.28. The van der Waals surface area contributed by atoms with E-state index >= 15 is 0 Å². The maximum absolute atomic E-state index is 13.5. The van der Waals surface area contributed by atoms with E-state index in [1.165, 1.54) is 18.3 Å². The molecule has 31 heavy (non-hydrogen) atoms. The van der Waals surface area contributed by atoms with Crippen molar-refractivity contribution in [3.63, 3.8) is 0 Å². The number of amides is 3. The maximum Gasteiger partial charge on any atom is 0.323 e. The molecule has 0 fully saturated rings. The third kappa shape index (κ3) is 4.87. The predicted octanol–water partition coefficient (Wildman–Crippen LogP) is 4.32. The number of nitrogens with zero attached hydrogens (tertiary/aromatic N) is 1. The summed E-state index contributed by atoms with van der Waals surface area (Å²) in [5.41, 5.74) is 3.02. The zero-order valence-corrected chi connectivity index (χ0v) is 16.5. The Labute approximate surface area is 177 Å². The van der Waals surface area contributed by atoms with Crippen molar-refractivity contribution in [3.8, 4) is 0 Å². The molecule has 0 saturated carbocycles. The van der Waals surface area contributed by atoms with Gasteiger partial charge in [0.25, 0.3) is 5.91 Å². The third-order valence-electron chi connectivity index (χ3n) is 4.75. The van der Waals surface area contributed by atoms with Gasteiger partial charge in [0, 0.05) is 29.8 Å². The van der Waals surface area contributed by atoms with Crippen LogP contribution < -0.4 is 16.0 Å². The normalized spacial score (nSPS) is 10.6. The SMILES string of the molecule is O=C(Nc1cccnc1)Nc1ccccc1C(=O)NCCc1c[nH]c2ccc(F)cc12. The highest BCUT2D eigenvalue weighted by Crippen LogP contribution is 2.20. The van der Waals surface area contributed by atoms with Crippen LogP contribution in [0.15, 0.2) is 73.2 Å². The minimum atomic E-state index is -0.478. The van der Waals surface area contributed by atoms with Crippen molar-refractivity contribution in [1.82, 2.24) is 15.3 Å². The molecule has 0 aliphatic carbocycles. The Morgan fingerprint density at radius 3 is 2.74 bits per heavy atom. The topological polar surface area (TPSA) is 98.9 Å². The van der Waals surface area contributed by atoms with Gasteiger partial charge in [-0.3, -0.25) is 9.78 Å². The highest BCUT2D eigenvalue weighted by atomic mass is 19.1. The van der Waals surface area contributed by atoms with Gasteiger partial charge in [0.1, 0.15) is 5.82 Å². The molecular weight excluding hydrogens is 397 g/mol. The van der Waals surface area contributed by atoms with Crippen LogP contribution in [0.1, 0.15) is 15.9 Å². The van der Waals surface area contributed by atoms with E-state index in [2.05, 4.69) is 25.9 Å². The fourth-order valence-electron chi connectivity index (χ4n) is 3.27. The Morgan fingerprint density at radius 2 is 1.90 bits per heavy atom. The number of halogens is 1. The van der Waals surface area contributed by atoms with E-state index < -0.39 is 6.03 Å². The average Bonchev–Trinajstić information content (AvgIpc) is 3.16. The van der Waals surface area contributed by atoms with Crippen LogP contribution in [0.3, 0.4) is 0 Å². The van der Waals surface area contributed by atoms with Gasteiger partial charge in [-0.15, -0.1) is 0 Å². The molecule has 0 aliphatic rings. The number of rotatable bonds is 6. The maximum atomic E-state index is 13.5. The molecule has 0 spiro atoms. The zero-order chi connectivity index (χ0) is 21.6. The molecule has 156 valence electrons. The summed E-state index contributed by atoms with van der Waals surface area (Å²) >= 11 is 0. The lowest BCUT2D eigenvalue weighted by molar-refractivity contribution is 0.0955. The van der Waals surface area contributed by atoms with Crippen LogP contribution in [0, 0.1) is 5.82 Å². The molecule has 0 saturated heterocycles. The number of fused-ring (bicyclic) bond motifs is 1. The smallest absolute Gasteiger partial charge is 0.323 e. The van der Waals surface area contributed by atoms with Crippen LogP contribution in [0.25, 0.3) is 10.9 Å². The number of anilines is 2. The Morgan fingerprint density at radius 1 is 1.03 bits per heavy atom. The van der Waals surface area contributed by atoms with E-state index in [1.807, 2.05) is 6.20 Å². The first-order valence-corrected chi connectivity index (χ1v) is 9.71. The Bertz CT molecular complexity index is 1220. The molecule has 0 bridgehead atoms. The molecule has 0 atom stereocenters. The zero-order valence-electron chi connectivity index (χ0n) is 16.5. The van der Waals surface area contributed by atoms with Crippen molar-refractivity contribution in [2.75, 3.05) is 17.2 Å². The van der Waals surface area contributed by atoms with Gasteiger partial charge in [0.2, 0.25) is 0 Å². The molecule has 0 radical (unpaired) electrons. The molecule has 2 aromatic heterocycles. The average molecular weight is 417 g/mol. The Balaban J connectivity index is 1.38. The summed E-state index contributed by atoms with van der Waals surface area (Å²) in [6.45, 7) is 0.360. The van der Waals surface area contributed by atoms with Crippen molar-refractivity contribution in [3.05, 3.63) is 90.1 Å². The summed E-state index contributed by atoms with van der Waals surface area (Å²) in [5.74, 6) is -0.620. The number of hydrogen-bond acceptors (Lipinski definition) is 3. The molecular formula is C23H20FN5O2. The number of nitrogens with one attached hydrogen (secondary N) is 4.